The topological polar surface area (TPSA) is 12.0 Å². The highest BCUT2D eigenvalue weighted by molar-refractivity contribution is 5.43. The van der Waals surface area contributed by atoms with E-state index in [1.807, 2.05) is 0 Å². The molecule has 1 saturated carbocycles. The van der Waals surface area contributed by atoms with Gasteiger partial charge in [-0.15, -0.1) is 0 Å². The first kappa shape index (κ1) is 13.6. The fraction of sp³-hybridized carbons (Fsp3) is 0.647. The molecule has 0 amide bonds. The predicted molar refractivity (Wildman–Crippen MR) is 79.1 cm³/mol. The van der Waals surface area contributed by atoms with Crippen molar-refractivity contribution >= 4 is 0 Å². The second kappa shape index (κ2) is 5.88. The first-order valence-electron chi connectivity index (χ1n) is 7.39. The summed E-state index contributed by atoms with van der Waals surface area (Å²) in [6, 6.07) is 3.06. The average molecular weight is 245 g/mol. The Labute approximate surface area is 112 Å². The number of benzene rings is 1. The summed E-state index contributed by atoms with van der Waals surface area (Å²) in [4.78, 5) is 0. The van der Waals surface area contributed by atoms with Gasteiger partial charge < -0.3 is 5.32 Å². The zero-order chi connectivity index (χ0) is 13.1. The van der Waals surface area contributed by atoms with E-state index in [-0.39, 0.29) is 0 Å². The van der Waals surface area contributed by atoms with Crippen LogP contribution >= 0.6 is 0 Å². The summed E-state index contributed by atoms with van der Waals surface area (Å²) in [5.74, 6) is 0. The van der Waals surface area contributed by atoms with E-state index in [1.165, 1.54) is 59.9 Å². The number of nitrogens with one attached hydrogen (secondary N) is 1. The first-order valence-corrected chi connectivity index (χ1v) is 7.39. The predicted octanol–water partition coefficient (Wildman–Crippen LogP) is 4.34. The van der Waals surface area contributed by atoms with Gasteiger partial charge in [0.1, 0.15) is 0 Å². The third-order valence-corrected chi connectivity index (χ3v) is 4.69. The lowest BCUT2D eigenvalue weighted by atomic mass is 9.92. The van der Waals surface area contributed by atoms with Crippen LogP contribution in [0.5, 0.6) is 0 Å². The molecule has 1 aromatic rings. The summed E-state index contributed by atoms with van der Waals surface area (Å²) >= 11 is 0. The van der Waals surface area contributed by atoms with Crippen LogP contribution in [0.3, 0.4) is 0 Å². The molecule has 1 N–H and O–H groups in total. The average Bonchev–Trinajstić information content (AvgIpc) is 2.38. The molecule has 1 nitrogen and oxygen atoms in total. The van der Waals surface area contributed by atoms with Crippen molar-refractivity contribution in [1.82, 2.24) is 5.32 Å². The summed E-state index contributed by atoms with van der Waals surface area (Å²) in [6.45, 7) is 10.0. The van der Waals surface area contributed by atoms with Gasteiger partial charge in [0.2, 0.25) is 0 Å². The van der Waals surface area contributed by atoms with Crippen LogP contribution < -0.4 is 5.32 Å². The Morgan fingerprint density at radius 2 is 1.50 bits per heavy atom. The number of aryl methyl sites for hydroxylation is 2. The summed E-state index contributed by atoms with van der Waals surface area (Å²) in [7, 11) is 0. The van der Waals surface area contributed by atoms with E-state index < -0.39 is 0 Å². The molecule has 0 aromatic heterocycles. The van der Waals surface area contributed by atoms with Gasteiger partial charge in [0.25, 0.3) is 0 Å². The van der Waals surface area contributed by atoms with Gasteiger partial charge in [-0.2, -0.15) is 0 Å². The Kier molecular flexibility index (Phi) is 4.45. The molecule has 0 heterocycles. The van der Waals surface area contributed by atoms with Gasteiger partial charge in [-0.05, 0) is 68.4 Å². The number of hydrogen-bond acceptors (Lipinski definition) is 1. The van der Waals surface area contributed by atoms with Crippen LogP contribution in [0, 0.1) is 27.7 Å². The van der Waals surface area contributed by atoms with E-state index in [0.29, 0.717) is 0 Å². The highest BCUT2D eigenvalue weighted by Crippen LogP contribution is 2.23. The Morgan fingerprint density at radius 3 is 2.06 bits per heavy atom. The van der Waals surface area contributed by atoms with E-state index in [2.05, 4.69) is 39.1 Å². The van der Waals surface area contributed by atoms with Gasteiger partial charge in [0.15, 0.2) is 0 Å². The van der Waals surface area contributed by atoms with Crippen molar-refractivity contribution in [2.24, 2.45) is 0 Å². The molecule has 1 aliphatic rings. The fourth-order valence-corrected chi connectivity index (χ4v) is 3.12. The van der Waals surface area contributed by atoms with Gasteiger partial charge >= 0.3 is 0 Å². The van der Waals surface area contributed by atoms with Crippen LogP contribution in [0.1, 0.15) is 59.9 Å². The number of hydrogen-bond donors (Lipinski definition) is 1. The SMILES string of the molecule is Cc1cc(C)c(C)c(CNC2CCCCC2)c1C. The smallest absolute Gasteiger partial charge is 0.0213 e. The zero-order valence-corrected chi connectivity index (χ0v) is 12.4. The Balaban J connectivity index is 2.08. The van der Waals surface area contributed by atoms with Crippen molar-refractivity contribution in [3.8, 4) is 0 Å². The van der Waals surface area contributed by atoms with Crippen LogP contribution in [-0.4, -0.2) is 6.04 Å². The minimum atomic E-state index is 0.748. The number of rotatable bonds is 3. The standard InChI is InChI=1S/C17H27N/c1-12-10-13(2)15(4)17(14(12)3)11-18-16-8-6-5-7-9-16/h10,16,18H,5-9,11H2,1-4H3. The van der Waals surface area contributed by atoms with Crippen LogP contribution in [0.15, 0.2) is 6.07 Å². The molecular weight excluding hydrogens is 218 g/mol. The maximum atomic E-state index is 3.77. The lowest BCUT2D eigenvalue weighted by Crippen LogP contribution is -2.31. The maximum Gasteiger partial charge on any atom is 0.0213 e. The first-order chi connectivity index (χ1) is 8.59. The third-order valence-electron chi connectivity index (χ3n) is 4.69. The second-order valence-electron chi connectivity index (χ2n) is 5.95. The zero-order valence-electron chi connectivity index (χ0n) is 12.4. The summed E-state index contributed by atoms with van der Waals surface area (Å²) < 4.78 is 0. The van der Waals surface area contributed by atoms with E-state index in [9.17, 15) is 0 Å². The molecule has 1 heteroatoms. The van der Waals surface area contributed by atoms with Crippen LogP contribution in [0.25, 0.3) is 0 Å². The molecule has 0 aliphatic heterocycles. The molecular formula is C17H27N. The minimum Gasteiger partial charge on any atom is -0.310 e. The van der Waals surface area contributed by atoms with Crippen molar-refractivity contribution in [1.29, 1.82) is 0 Å². The van der Waals surface area contributed by atoms with Gasteiger partial charge in [-0.1, -0.05) is 25.3 Å². The minimum absolute atomic E-state index is 0.748. The summed E-state index contributed by atoms with van der Waals surface area (Å²) in [5, 5.41) is 3.77. The van der Waals surface area contributed by atoms with Gasteiger partial charge in [0, 0.05) is 12.6 Å². The van der Waals surface area contributed by atoms with Crippen LogP contribution in [0.2, 0.25) is 0 Å². The van der Waals surface area contributed by atoms with Crippen molar-refractivity contribution < 1.29 is 0 Å². The molecule has 0 bridgehead atoms. The van der Waals surface area contributed by atoms with Crippen molar-refractivity contribution in [2.45, 2.75) is 72.4 Å². The Hall–Kier alpha value is -0.820. The van der Waals surface area contributed by atoms with Crippen molar-refractivity contribution in [3.63, 3.8) is 0 Å². The summed E-state index contributed by atoms with van der Waals surface area (Å²) in [6.07, 6.45) is 6.97. The molecule has 2 rings (SSSR count). The van der Waals surface area contributed by atoms with E-state index in [1.54, 1.807) is 0 Å². The van der Waals surface area contributed by atoms with Gasteiger partial charge in [-0.25, -0.2) is 0 Å². The lowest BCUT2D eigenvalue weighted by Gasteiger charge is -2.24. The van der Waals surface area contributed by atoms with Crippen LogP contribution in [0.4, 0.5) is 0 Å². The molecule has 0 unspecified atom stereocenters. The van der Waals surface area contributed by atoms with E-state index in [4.69, 9.17) is 0 Å². The fourth-order valence-electron chi connectivity index (χ4n) is 3.12. The molecule has 1 aliphatic carbocycles. The van der Waals surface area contributed by atoms with Gasteiger partial charge in [0.05, 0.1) is 0 Å². The second-order valence-corrected chi connectivity index (χ2v) is 5.95. The van der Waals surface area contributed by atoms with E-state index >= 15 is 0 Å². The Morgan fingerprint density at radius 1 is 0.944 bits per heavy atom. The molecule has 18 heavy (non-hydrogen) atoms. The molecule has 0 radical (unpaired) electrons. The highest BCUT2D eigenvalue weighted by atomic mass is 14.9. The molecule has 1 fully saturated rings. The lowest BCUT2D eigenvalue weighted by molar-refractivity contribution is 0.372. The Bertz CT molecular complexity index is 388. The van der Waals surface area contributed by atoms with Gasteiger partial charge in [-0.3, -0.25) is 0 Å². The molecule has 0 atom stereocenters. The maximum absolute atomic E-state index is 3.77. The normalized spacial score (nSPS) is 17.1. The molecule has 0 saturated heterocycles. The highest BCUT2D eigenvalue weighted by Gasteiger charge is 2.14. The third kappa shape index (κ3) is 2.95. The molecule has 1 aromatic carbocycles. The van der Waals surface area contributed by atoms with E-state index in [0.717, 1.165) is 12.6 Å². The van der Waals surface area contributed by atoms with Crippen molar-refractivity contribution in [2.75, 3.05) is 0 Å². The quantitative estimate of drug-likeness (QED) is 0.835. The monoisotopic (exact) mass is 245 g/mol. The summed E-state index contributed by atoms with van der Waals surface area (Å²) in [5.41, 5.74) is 7.33. The molecule has 100 valence electrons. The largest absolute Gasteiger partial charge is 0.310 e. The molecule has 0 spiro atoms. The van der Waals surface area contributed by atoms with Crippen LogP contribution in [-0.2, 0) is 6.54 Å². The van der Waals surface area contributed by atoms with Crippen molar-refractivity contribution in [3.05, 3.63) is 33.9 Å².